The van der Waals surface area contributed by atoms with Crippen LogP contribution < -0.4 is 9.47 Å². The topological polar surface area (TPSA) is 105 Å². The second-order valence-corrected chi connectivity index (χ2v) is 11.1. The summed E-state index contributed by atoms with van der Waals surface area (Å²) in [6, 6.07) is 48.4. The molecule has 0 amide bonds. The molecule has 0 saturated heterocycles. The van der Waals surface area contributed by atoms with E-state index in [1.807, 2.05) is 127 Å². The van der Waals surface area contributed by atoms with E-state index in [4.69, 9.17) is 24.4 Å². The SMILES string of the molecule is N#Cc1cccc(-c2cc3c(cc2-c2cccc(C#N)c2)Oc2cc(-c4nc(-c5ccccc5)nc(-c5ccccc5)n4)ccc2O3)c1. The zero-order valence-corrected chi connectivity index (χ0v) is 25.3. The molecule has 1 aromatic heterocycles. The molecule has 0 atom stereocenters. The van der Waals surface area contributed by atoms with E-state index in [-0.39, 0.29) is 0 Å². The Bertz CT molecular complexity index is 2370. The lowest BCUT2D eigenvalue weighted by Crippen LogP contribution is -2.03. The van der Waals surface area contributed by atoms with Gasteiger partial charge in [-0.3, -0.25) is 0 Å². The minimum absolute atomic E-state index is 0.502. The summed E-state index contributed by atoms with van der Waals surface area (Å²) in [5.74, 6) is 3.74. The predicted octanol–water partition coefficient (Wildman–Crippen LogP) is 9.85. The minimum atomic E-state index is 0.502. The first-order chi connectivity index (χ1) is 23.6. The molecule has 7 heteroatoms. The van der Waals surface area contributed by atoms with E-state index in [0.717, 1.165) is 38.9 Å². The fourth-order valence-corrected chi connectivity index (χ4v) is 5.70. The van der Waals surface area contributed by atoms with E-state index in [9.17, 15) is 10.5 Å². The fourth-order valence-electron chi connectivity index (χ4n) is 5.70. The van der Waals surface area contributed by atoms with Gasteiger partial charge in [-0.25, -0.2) is 15.0 Å². The summed E-state index contributed by atoms with van der Waals surface area (Å²) in [6.45, 7) is 0. The normalized spacial score (nSPS) is 11.2. The van der Waals surface area contributed by atoms with Gasteiger partial charge in [0.05, 0.1) is 23.3 Å². The molecule has 0 aliphatic carbocycles. The molecule has 0 N–H and O–H groups in total. The van der Waals surface area contributed by atoms with Crippen molar-refractivity contribution in [1.29, 1.82) is 10.5 Å². The second kappa shape index (κ2) is 12.0. The van der Waals surface area contributed by atoms with Crippen molar-refractivity contribution < 1.29 is 9.47 Å². The number of hydrogen-bond acceptors (Lipinski definition) is 7. The Kier molecular flexibility index (Phi) is 7.11. The first kappa shape index (κ1) is 28.4. The number of rotatable bonds is 5. The Labute approximate surface area is 276 Å². The van der Waals surface area contributed by atoms with Crippen LogP contribution in [0.1, 0.15) is 11.1 Å². The van der Waals surface area contributed by atoms with Crippen molar-refractivity contribution >= 4 is 0 Å². The van der Waals surface area contributed by atoms with Crippen LogP contribution in [0.25, 0.3) is 56.4 Å². The van der Waals surface area contributed by atoms with Crippen molar-refractivity contribution in [1.82, 2.24) is 15.0 Å². The average Bonchev–Trinajstić information content (AvgIpc) is 3.17. The highest BCUT2D eigenvalue weighted by molar-refractivity contribution is 5.87. The van der Waals surface area contributed by atoms with E-state index in [0.29, 0.717) is 51.6 Å². The summed E-state index contributed by atoms with van der Waals surface area (Å²) < 4.78 is 12.9. The summed E-state index contributed by atoms with van der Waals surface area (Å²) in [4.78, 5) is 14.5. The molecule has 0 saturated carbocycles. The number of nitriles is 2. The van der Waals surface area contributed by atoms with Gasteiger partial charge in [-0.15, -0.1) is 0 Å². The van der Waals surface area contributed by atoms with Gasteiger partial charge in [-0.2, -0.15) is 10.5 Å². The van der Waals surface area contributed by atoms with Crippen molar-refractivity contribution in [2.45, 2.75) is 0 Å². The van der Waals surface area contributed by atoms with Gasteiger partial charge in [0.15, 0.2) is 40.5 Å². The van der Waals surface area contributed by atoms with Crippen molar-refractivity contribution in [3.05, 3.63) is 151 Å². The van der Waals surface area contributed by atoms with Crippen LogP contribution in [-0.2, 0) is 0 Å². The molecule has 7 nitrogen and oxygen atoms in total. The largest absolute Gasteiger partial charge is 0.449 e. The van der Waals surface area contributed by atoms with Crippen molar-refractivity contribution in [2.24, 2.45) is 0 Å². The third-order valence-corrected chi connectivity index (χ3v) is 8.03. The number of nitrogens with zero attached hydrogens (tertiary/aromatic N) is 5. The smallest absolute Gasteiger partial charge is 0.170 e. The standard InChI is InChI=1S/C41H23N5O2/c42-24-26-9-7-15-30(19-26)33-22-37-38(23-34(33)31-16-8-10-27(20-31)25-43)48-36-21-32(17-18-35(36)47-37)41-45-39(28-11-3-1-4-12-28)44-40(46-41)29-13-5-2-6-14-29/h1-23H. The molecule has 1 aliphatic heterocycles. The van der Waals surface area contributed by atoms with Gasteiger partial charge >= 0.3 is 0 Å². The van der Waals surface area contributed by atoms with Crippen LogP contribution in [-0.4, -0.2) is 15.0 Å². The Morgan fingerprint density at radius 1 is 0.375 bits per heavy atom. The molecule has 0 spiro atoms. The summed E-state index contributed by atoms with van der Waals surface area (Å²) in [7, 11) is 0. The molecule has 0 unspecified atom stereocenters. The van der Waals surface area contributed by atoms with E-state index in [1.165, 1.54) is 0 Å². The van der Waals surface area contributed by atoms with Gasteiger partial charge in [0.25, 0.3) is 0 Å². The molecule has 8 rings (SSSR count). The van der Waals surface area contributed by atoms with Crippen LogP contribution in [0.2, 0.25) is 0 Å². The Morgan fingerprint density at radius 2 is 0.812 bits per heavy atom. The second-order valence-electron chi connectivity index (χ2n) is 11.1. The van der Waals surface area contributed by atoms with Crippen LogP contribution in [0.3, 0.4) is 0 Å². The van der Waals surface area contributed by atoms with Crippen molar-refractivity contribution in [2.75, 3.05) is 0 Å². The van der Waals surface area contributed by atoms with E-state index in [2.05, 4.69) is 12.1 Å². The molecule has 0 bridgehead atoms. The Morgan fingerprint density at radius 3 is 1.31 bits per heavy atom. The first-order valence-electron chi connectivity index (χ1n) is 15.2. The van der Waals surface area contributed by atoms with Gasteiger partial charge in [-0.1, -0.05) is 84.9 Å². The number of ether oxygens (including phenoxy) is 2. The van der Waals surface area contributed by atoms with Crippen LogP contribution in [0.5, 0.6) is 23.0 Å². The maximum absolute atomic E-state index is 9.60. The predicted molar refractivity (Wildman–Crippen MR) is 183 cm³/mol. The summed E-state index contributed by atoms with van der Waals surface area (Å²) in [6.07, 6.45) is 0. The third kappa shape index (κ3) is 5.38. The molecular weight excluding hydrogens is 594 g/mol. The highest BCUT2D eigenvalue weighted by Crippen LogP contribution is 2.50. The van der Waals surface area contributed by atoms with Gasteiger partial charge in [-0.05, 0) is 76.9 Å². The van der Waals surface area contributed by atoms with Crippen LogP contribution >= 0.6 is 0 Å². The number of benzene rings is 6. The molecular formula is C41H23N5O2. The van der Waals surface area contributed by atoms with Gasteiger partial charge < -0.3 is 9.47 Å². The zero-order valence-electron chi connectivity index (χ0n) is 25.3. The maximum Gasteiger partial charge on any atom is 0.170 e. The number of hydrogen-bond donors (Lipinski definition) is 0. The Balaban J connectivity index is 1.23. The monoisotopic (exact) mass is 617 g/mol. The molecule has 0 fully saturated rings. The lowest BCUT2D eigenvalue weighted by Gasteiger charge is -2.23. The van der Waals surface area contributed by atoms with E-state index < -0.39 is 0 Å². The third-order valence-electron chi connectivity index (χ3n) is 8.03. The van der Waals surface area contributed by atoms with Crippen LogP contribution in [0, 0.1) is 22.7 Å². The quantitative estimate of drug-likeness (QED) is 0.189. The highest BCUT2D eigenvalue weighted by Gasteiger charge is 2.24. The van der Waals surface area contributed by atoms with Gasteiger partial charge in [0.2, 0.25) is 0 Å². The summed E-state index contributed by atoms with van der Waals surface area (Å²) >= 11 is 0. The molecule has 2 heterocycles. The van der Waals surface area contributed by atoms with Crippen molar-refractivity contribution in [3.8, 4) is 91.6 Å². The number of fused-ring (bicyclic) bond motifs is 2. The number of aromatic nitrogens is 3. The first-order valence-corrected chi connectivity index (χ1v) is 15.2. The fraction of sp³-hybridized carbons (Fsp3) is 0. The maximum atomic E-state index is 9.60. The average molecular weight is 618 g/mol. The van der Waals surface area contributed by atoms with Gasteiger partial charge in [0.1, 0.15) is 0 Å². The lowest BCUT2D eigenvalue weighted by atomic mass is 9.92. The minimum Gasteiger partial charge on any atom is -0.449 e. The van der Waals surface area contributed by atoms with E-state index >= 15 is 0 Å². The molecule has 1 aliphatic rings. The van der Waals surface area contributed by atoms with Crippen LogP contribution in [0.4, 0.5) is 0 Å². The summed E-state index contributed by atoms with van der Waals surface area (Å²) in [5, 5.41) is 19.2. The van der Waals surface area contributed by atoms with Crippen LogP contribution in [0.15, 0.2) is 140 Å². The summed E-state index contributed by atoms with van der Waals surface area (Å²) in [5.41, 5.74) is 6.95. The van der Waals surface area contributed by atoms with Crippen molar-refractivity contribution in [3.63, 3.8) is 0 Å². The lowest BCUT2D eigenvalue weighted by molar-refractivity contribution is 0.360. The van der Waals surface area contributed by atoms with E-state index in [1.54, 1.807) is 12.1 Å². The molecule has 0 radical (unpaired) electrons. The molecule has 224 valence electrons. The molecule has 6 aromatic carbocycles. The molecule has 7 aromatic rings. The van der Waals surface area contributed by atoms with Gasteiger partial charge in [0, 0.05) is 16.7 Å². The highest BCUT2D eigenvalue weighted by atomic mass is 16.6. The Hall–Kier alpha value is -7.09. The zero-order chi connectivity index (χ0) is 32.5. The molecule has 48 heavy (non-hydrogen) atoms.